The number of ether oxygens (including phenoxy) is 2. The maximum atomic E-state index is 12.4. The first kappa shape index (κ1) is 19.1. The van der Waals surface area contributed by atoms with E-state index in [1.165, 1.54) is 11.1 Å². The summed E-state index contributed by atoms with van der Waals surface area (Å²) in [6.45, 7) is 0.523. The highest BCUT2D eigenvalue weighted by atomic mass is 16.5. The van der Waals surface area contributed by atoms with Crippen LogP contribution in [0.3, 0.4) is 0 Å². The van der Waals surface area contributed by atoms with E-state index < -0.39 is 0 Å². The Bertz CT molecular complexity index is 938. The van der Waals surface area contributed by atoms with Gasteiger partial charge in [-0.1, -0.05) is 54.6 Å². The average Bonchev–Trinajstić information content (AvgIpc) is 2.78. The lowest BCUT2D eigenvalue weighted by Crippen LogP contribution is -2.34. The van der Waals surface area contributed by atoms with Crippen LogP contribution in [0, 0.1) is 0 Å². The van der Waals surface area contributed by atoms with E-state index in [-0.39, 0.29) is 18.6 Å². The number of amides is 1. The summed E-state index contributed by atoms with van der Waals surface area (Å²) in [6.07, 6.45) is 3.14. The summed E-state index contributed by atoms with van der Waals surface area (Å²) in [5.74, 6) is 1.32. The van der Waals surface area contributed by atoms with Crippen LogP contribution in [0.2, 0.25) is 0 Å². The van der Waals surface area contributed by atoms with Gasteiger partial charge in [-0.2, -0.15) is 0 Å². The Balaban J connectivity index is 1.25. The number of nitrogens with one attached hydrogen (secondary N) is 1. The largest absolute Gasteiger partial charge is 0.489 e. The molecule has 0 fully saturated rings. The molecule has 0 saturated carbocycles. The molecule has 1 N–H and O–H groups in total. The molecule has 1 aliphatic carbocycles. The highest BCUT2D eigenvalue weighted by Gasteiger charge is 2.21. The van der Waals surface area contributed by atoms with Gasteiger partial charge < -0.3 is 14.8 Å². The van der Waals surface area contributed by atoms with Crippen LogP contribution >= 0.6 is 0 Å². The molecule has 1 amide bonds. The van der Waals surface area contributed by atoms with Gasteiger partial charge in [-0.15, -0.1) is 0 Å². The zero-order valence-electron chi connectivity index (χ0n) is 16.3. The lowest BCUT2D eigenvalue weighted by molar-refractivity contribution is -0.123. The summed E-state index contributed by atoms with van der Waals surface area (Å²) >= 11 is 0. The van der Waals surface area contributed by atoms with Crippen LogP contribution in [0.4, 0.5) is 0 Å². The molecule has 0 saturated heterocycles. The second kappa shape index (κ2) is 9.28. The van der Waals surface area contributed by atoms with Gasteiger partial charge in [-0.05, 0) is 60.2 Å². The maximum absolute atomic E-state index is 12.4. The quantitative estimate of drug-likeness (QED) is 0.631. The van der Waals surface area contributed by atoms with Gasteiger partial charge in [0.15, 0.2) is 6.61 Å². The lowest BCUT2D eigenvalue weighted by atomic mass is 9.88. The molecule has 0 unspecified atom stereocenters. The molecule has 0 aliphatic heterocycles. The lowest BCUT2D eigenvalue weighted by Gasteiger charge is -2.26. The predicted octanol–water partition coefficient (Wildman–Crippen LogP) is 4.84. The number of fused-ring (bicyclic) bond motifs is 1. The van der Waals surface area contributed by atoms with E-state index in [2.05, 4.69) is 23.5 Å². The van der Waals surface area contributed by atoms with E-state index in [0.717, 1.165) is 30.6 Å². The van der Waals surface area contributed by atoms with Crippen molar-refractivity contribution in [2.45, 2.75) is 31.9 Å². The molecule has 0 spiro atoms. The van der Waals surface area contributed by atoms with Crippen molar-refractivity contribution in [2.24, 2.45) is 0 Å². The molecule has 0 aromatic heterocycles. The van der Waals surface area contributed by atoms with E-state index in [0.29, 0.717) is 12.4 Å². The number of carbonyl (C=O) groups is 1. The molecule has 29 heavy (non-hydrogen) atoms. The van der Waals surface area contributed by atoms with Crippen LogP contribution < -0.4 is 14.8 Å². The predicted molar refractivity (Wildman–Crippen MR) is 113 cm³/mol. The second-order valence-electron chi connectivity index (χ2n) is 7.25. The standard InChI is InChI=1S/C25H25NO3/c27-25(26-24-12-6-10-20-9-4-5-11-23(20)24)18-29-22-15-13-21(14-16-22)28-17-19-7-2-1-3-8-19/h1-5,7-9,11,13-16,24H,6,10,12,17-18H2,(H,26,27)/t24-/m0/s1. The van der Waals surface area contributed by atoms with Crippen LogP contribution in [0.25, 0.3) is 0 Å². The molecule has 1 aliphatic rings. The summed E-state index contributed by atoms with van der Waals surface area (Å²) < 4.78 is 11.4. The van der Waals surface area contributed by atoms with Gasteiger partial charge >= 0.3 is 0 Å². The molecule has 0 radical (unpaired) electrons. The first-order valence-electron chi connectivity index (χ1n) is 10.0. The topological polar surface area (TPSA) is 47.6 Å². The van der Waals surface area contributed by atoms with Gasteiger partial charge in [0.1, 0.15) is 18.1 Å². The fraction of sp³-hybridized carbons (Fsp3) is 0.240. The van der Waals surface area contributed by atoms with Gasteiger partial charge in [0.05, 0.1) is 6.04 Å². The Labute approximate surface area is 171 Å². The van der Waals surface area contributed by atoms with Crippen LogP contribution in [0.1, 0.15) is 35.6 Å². The van der Waals surface area contributed by atoms with Crippen LogP contribution in [0.15, 0.2) is 78.9 Å². The number of carbonyl (C=O) groups excluding carboxylic acids is 1. The van der Waals surface area contributed by atoms with Crippen molar-refractivity contribution >= 4 is 5.91 Å². The average molecular weight is 387 g/mol. The van der Waals surface area contributed by atoms with E-state index in [9.17, 15) is 4.79 Å². The Morgan fingerprint density at radius 1 is 0.862 bits per heavy atom. The normalized spacial score (nSPS) is 15.2. The first-order chi connectivity index (χ1) is 14.3. The molecule has 1 atom stereocenters. The van der Waals surface area contributed by atoms with Crippen LogP contribution in [-0.2, 0) is 17.8 Å². The number of hydrogen-bond donors (Lipinski definition) is 1. The maximum Gasteiger partial charge on any atom is 0.258 e. The summed E-state index contributed by atoms with van der Waals surface area (Å²) in [5.41, 5.74) is 3.68. The van der Waals surface area contributed by atoms with E-state index in [4.69, 9.17) is 9.47 Å². The fourth-order valence-corrected chi connectivity index (χ4v) is 3.66. The van der Waals surface area contributed by atoms with Crippen molar-refractivity contribution in [1.29, 1.82) is 0 Å². The Morgan fingerprint density at radius 2 is 1.55 bits per heavy atom. The Kier molecular flexibility index (Phi) is 6.10. The minimum Gasteiger partial charge on any atom is -0.489 e. The van der Waals surface area contributed by atoms with Crippen molar-refractivity contribution in [3.05, 3.63) is 95.6 Å². The molecule has 148 valence electrons. The summed E-state index contributed by atoms with van der Waals surface area (Å²) in [4.78, 5) is 12.4. The van der Waals surface area contributed by atoms with Crippen molar-refractivity contribution in [1.82, 2.24) is 5.32 Å². The zero-order chi connectivity index (χ0) is 19.9. The summed E-state index contributed by atoms with van der Waals surface area (Å²) in [5, 5.41) is 3.11. The SMILES string of the molecule is O=C(COc1ccc(OCc2ccccc2)cc1)N[C@H]1CCCc2ccccc21. The van der Waals surface area contributed by atoms with Gasteiger partial charge in [0.2, 0.25) is 0 Å². The number of hydrogen-bond acceptors (Lipinski definition) is 3. The summed E-state index contributed by atoms with van der Waals surface area (Å²) in [7, 11) is 0. The molecular weight excluding hydrogens is 362 g/mol. The molecule has 3 aromatic carbocycles. The van der Waals surface area contributed by atoms with Crippen molar-refractivity contribution in [3.8, 4) is 11.5 Å². The van der Waals surface area contributed by atoms with Gasteiger partial charge in [-0.25, -0.2) is 0 Å². The third-order valence-electron chi connectivity index (χ3n) is 5.15. The zero-order valence-corrected chi connectivity index (χ0v) is 16.3. The molecule has 4 nitrogen and oxygen atoms in total. The Morgan fingerprint density at radius 3 is 2.34 bits per heavy atom. The number of aryl methyl sites for hydroxylation is 1. The highest BCUT2D eigenvalue weighted by molar-refractivity contribution is 5.78. The van der Waals surface area contributed by atoms with Crippen LogP contribution in [-0.4, -0.2) is 12.5 Å². The number of benzene rings is 3. The highest BCUT2D eigenvalue weighted by Crippen LogP contribution is 2.29. The third-order valence-corrected chi connectivity index (χ3v) is 5.15. The minimum atomic E-state index is -0.101. The molecular formula is C25H25NO3. The summed E-state index contributed by atoms with van der Waals surface area (Å²) in [6, 6.07) is 25.8. The van der Waals surface area contributed by atoms with Crippen molar-refractivity contribution in [2.75, 3.05) is 6.61 Å². The van der Waals surface area contributed by atoms with Crippen molar-refractivity contribution in [3.63, 3.8) is 0 Å². The van der Waals surface area contributed by atoms with E-state index >= 15 is 0 Å². The van der Waals surface area contributed by atoms with Crippen molar-refractivity contribution < 1.29 is 14.3 Å². The molecule has 3 aromatic rings. The molecule has 0 heterocycles. The monoisotopic (exact) mass is 387 g/mol. The second-order valence-corrected chi connectivity index (χ2v) is 7.25. The number of rotatable bonds is 7. The minimum absolute atomic E-state index is 0.00286. The molecule has 4 heteroatoms. The van der Waals surface area contributed by atoms with E-state index in [1.807, 2.05) is 60.7 Å². The fourth-order valence-electron chi connectivity index (χ4n) is 3.66. The van der Waals surface area contributed by atoms with Gasteiger partial charge in [-0.3, -0.25) is 4.79 Å². The molecule has 0 bridgehead atoms. The first-order valence-corrected chi connectivity index (χ1v) is 10.0. The van der Waals surface area contributed by atoms with E-state index in [1.54, 1.807) is 0 Å². The molecule has 4 rings (SSSR count). The van der Waals surface area contributed by atoms with Gasteiger partial charge in [0.25, 0.3) is 5.91 Å². The van der Waals surface area contributed by atoms with Gasteiger partial charge in [0, 0.05) is 0 Å². The Hall–Kier alpha value is -3.27. The smallest absolute Gasteiger partial charge is 0.258 e. The van der Waals surface area contributed by atoms with Crippen LogP contribution in [0.5, 0.6) is 11.5 Å². The third kappa shape index (κ3) is 5.17.